The molecule has 0 aliphatic carbocycles. The number of carbonyl (C=O) groups is 1. The van der Waals surface area contributed by atoms with Crippen molar-refractivity contribution in [1.82, 2.24) is 19.7 Å². The van der Waals surface area contributed by atoms with Crippen LogP contribution in [0.15, 0.2) is 29.1 Å². The number of likely N-dealkylation sites (tertiary alicyclic amines) is 1. The number of hydrogen-bond donors (Lipinski definition) is 1. The fourth-order valence-electron chi connectivity index (χ4n) is 3.74. The van der Waals surface area contributed by atoms with E-state index in [1.807, 2.05) is 36.1 Å². The molecule has 1 aromatic carbocycles. The van der Waals surface area contributed by atoms with Crippen LogP contribution in [0.4, 0.5) is 0 Å². The van der Waals surface area contributed by atoms with Crippen molar-refractivity contribution in [2.75, 3.05) is 13.1 Å². The van der Waals surface area contributed by atoms with Gasteiger partial charge < -0.3 is 4.90 Å². The molecule has 146 valence electrons. The Balaban J connectivity index is 1.66. The molecular formula is C21H30N4O2. The van der Waals surface area contributed by atoms with Gasteiger partial charge in [-0.05, 0) is 42.7 Å². The second-order valence-electron chi connectivity index (χ2n) is 8.83. The molecule has 0 unspecified atom stereocenters. The predicted molar refractivity (Wildman–Crippen MR) is 106 cm³/mol. The maximum Gasteiger partial charge on any atom is 0.347 e. The lowest BCUT2D eigenvalue weighted by Gasteiger charge is -2.33. The van der Waals surface area contributed by atoms with Gasteiger partial charge in [0.1, 0.15) is 5.82 Å². The molecule has 0 radical (unpaired) electrons. The first-order valence-corrected chi connectivity index (χ1v) is 9.75. The molecule has 1 aromatic heterocycles. The number of H-pyrrole nitrogens is 1. The van der Waals surface area contributed by atoms with Crippen molar-refractivity contribution in [3.8, 4) is 5.69 Å². The molecule has 0 bridgehead atoms. The molecule has 1 aliphatic heterocycles. The van der Waals surface area contributed by atoms with Crippen molar-refractivity contribution in [2.45, 2.75) is 53.4 Å². The Hall–Kier alpha value is -2.37. The van der Waals surface area contributed by atoms with Gasteiger partial charge in [0, 0.05) is 25.9 Å². The minimum atomic E-state index is -0.197. The second kappa shape index (κ2) is 7.71. The third-order valence-electron chi connectivity index (χ3n) is 5.22. The molecule has 6 nitrogen and oxygen atoms in total. The fraction of sp³-hybridized carbons (Fsp3) is 0.571. The van der Waals surface area contributed by atoms with Gasteiger partial charge in [-0.1, -0.05) is 39.0 Å². The lowest BCUT2D eigenvalue weighted by molar-refractivity contribution is -0.134. The summed E-state index contributed by atoms with van der Waals surface area (Å²) >= 11 is 0. The SMILES string of the molecule is Cc1ccccc1-n1c(CC2CCN(C(=O)CC(C)(C)C)CC2)n[nH]c1=O. The number of aromatic amines is 1. The van der Waals surface area contributed by atoms with Gasteiger partial charge in [0.25, 0.3) is 0 Å². The highest BCUT2D eigenvalue weighted by Gasteiger charge is 2.27. The molecule has 1 amide bonds. The number of nitrogens with one attached hydrogen (secondary N) is 1. The Labute approximate surface area is 160 Å². The number of para-hydroxylation sites is 1. The summed E-state index contributed by atoms with van der Waals surface area (Å²) in [5.74, 6) is 1.45. The lowest BCUT2D eigenvalue weighted by Crippen LogP contribution is -2.40. The number of aryl methyl sites for hydroxylation is 1. The fourth-order valence-corrected chi connectivity index (χ4v) is 3.74. The smallest absolute Gasteiger partial charge is 0.343 e. The largest absolute Gasteiger partial charge is 0.347 e. The van der Waals surface area contributed by atoms with E-state index in [2.05, 4.69) is 31.0 Å². The molecular weight excluding hydrogens is 340 g/mol. The summed E-state index contributed by atoms with van der Waals surface area (Å²) in [6.45, 7) is 9.87. The van der Waals surface area contributed by atoms with Gasteiger partial charge >= 0.3 is 5.69 Å². The monoisotopic (exact) mass is 370 g/mol. The molecule has 0 atom stereocenters. The normalized spacial score (nSPS) is 15.9. The maximum atomic E-state index is 12.4. The van der Waals surface area contributed by atoms with Crippen molar-refractivity contribution in [3.63, 3.8) is 0 Å². The number of amides is 1. The van der Waals surface area contributed by atoms with Crippen LogP contribution in [0, 0.1) is 18.3 Å². The molecule has 1 N–H and O–H groups in total. The van der Waals surface area contributed by atoms with Gasteiger partial charge in [0.2, 0.25) is 5.91 Å². The van der Waals surface area contributed by atoms with E-state index < -0.39 is 0 Å². The minimum Gasteiger partial charge on any atom is -0.343 e. The van der Waals surface area contributed by atoms with E-state index in [0.717, 1.165) is 49.4 Å². The highest BCUT2D eigenvalue weighted by Crippen LogP contribution is 2.25. The lowest BCUT2D eigenvalue weighted by atomic mass is 9.89. The van der Waals surface area contributed by atoms with Crippen molar-refractivity contribution in [2.24, 2.45) is 11.3 Å². The topological polar surface area (TPSA) is 71.0 Å². The minimum absolute atomic E-state index is 0.0204. The molecule has 2 heterocycles. The molecule has 1 aliphatic rings. The van der Waals surface area contributed by atoms with Gasteiger partial charge in [-0.25, -0.2) is 14.5 Å². The van der Waals surface area contributed by atoms with E-state index in [1.54, 1.807) is 4.57 Å². The summed E-state index contributed by atoms with van der Waals surface area (Å²) in [5, 5.41) is 6.87. The zero-order valence-corrected chi connectivity index (χ0v) is 16.8. The van der Waals surface area contributed by atoms with Crippen LogP contribution >= 0.6 is 0 Å². The number of carbonyl (C=O) groups excluding carboxylic acids is 1. The summed E-state index contributed by atoms with van der Waals surface area (Å²) in [7, 11) is 0. The van der Waals surface area contributed by atoms with Gasteiger partial charge in [0.15, 0.2) is 0 Å². The van der Waals surface area contributed by atoms with Crippen LogP contribution in [0.2, 0.25) is 0 Å². The average molecular weight is 370 g/mol. The van der Waals surface area contributed by atoms with E-state index in [9.17, 15) is 9.59 Å². The maximum absolute atomic E-state index is 12.4. The predicted octanol–water partition coefficient (Wildman–Crippen LogP) is 3.09. The van der Waals surface area contributed by atoms with Crippen LogP contribution in [0.3, 0.4) is 0 Å². The Morgan fingerprint density at radius 3 is 2.52 bits per heavy atom. The summed E-state index contributed by atoms with van der Waals surface area (Å²) in [4.78, 5) is 26.7. The van der Waals surface area contributed by atoms with Gasteiger partial charge in [-0.2, -0.15) is 5.10 Å². The van der Waals surface area contributed by atoms with Crippen molar-refractivity contribution in [3.05, 3.63) is 46.1 Å². The number of aromatic nitrogens is 3. The molecule has 3 rings (SSSR count). The summed E-state index contributed by atoms with van der Waals surface area (Å²) in [6, 6.07) is 7.85. The molecule has 2 aromatic rings. The number of benzene rings is 1. The van der Waals surface area contributed by atoms with Crippen LogP contribution < -0.4 is 5.69 Å². The standard InChI is InChI=1S/C21H30N4O2/c1-15-7-5-6-8-17(15)25-18(22-23-20(25)27)13-16-9-11-24(12-10-16)19(26)14-21(2,3)4/h5-8,16H,9-14H2,1-4H3,(H,23,27). The number of piperidine rings is 1. The summed E-state index contributed by atoms with van der Waals surface area (Å²) < 4.78 is 1.69. The van der Waals surface area contributed by atoms with Crippen molar-refractivity contribution < 1.29 is 4.79 Å². The Morgan fingerprint density at radius 2 is 1.89 bits per heavy atom. The van der Waals surface area contributed by atoms with Crippen molar-refractivity contribution in [1.29, 1.82) is 0 Å². The van der Waals surface area contributed by atoms with E-state index in [1.165, 1.54) is 0 Å². The third-order valence-corrected chi connectivity index (χ3v) is 5.22. The number of hydrogen-bond acceptors (Lipinski definition) is 3. The van der Waals surface area contributed by atoms with E-state index >= 15 is 0 Å². The van der Waals surface area contributed by atoms with Gasteiger partial charge in [-0.15, -0.1) is 0 Å². The summed E-state index contributed by atoms with van der Waals surface area (Å²) in [5.41, 5.74) is 1.75. The molecule has 0 spiro atoms. The zero-order chi connectivity index (χ0) is 19.6. The molecule has 1 fully saturated rings. The molecule has 6 heteroatoms. The van der Waals surface area contributed by atoms with Crippen LogP contribution in [-0.2, 0) is 11.2 Å². The highest BCUT2D eigenvalue weighted by atomic mass is 16.2. The average Bonchev–Trinajstić information content (AvgIpc) is 2.95. The number of nitrogens with zero attached hydrogens (tertiary/aromatic N) is 3. The molecule has 27 heavy (non-hydrogen) atoms. The van der Waals surface area contributed by atoms with Crippen molar-refractivity contribution >= 4 is 5.91 Å². The molecule has 0 saturated carbocycles. The first-order chi connectivity index (χ1) is 12.7. The number of rotatable bonds is 4. The zero-order valence-electron chi connectivity index (χ0n) is 16.8. The quantitative estimate of drug-likeness (QED) is 0.899. The summed E-state index contributed by atoms with van der Waals surface area (Å²) in [6.07, 6.45) is 3.23. The Kier molecular flexibility index (Phi) is 5.53. The third kappa shape index (κ3) is 4.67. The first-order valence-electron chi connectivity index (χ1n) is 9.75. The van der Waals surface area contributed by atoms with Crippen LogP contribution in [0.25, 0.3) is 5.69 Å². The van der Waals surface area contributed by atoms with Gasteiger partial charge in [0.05, 0.1) is 5.69 Å². The van der Waals surface area contributed by atoms with E-state index in [0.29, 0.717) is 12.3 Å². The Bertz CT molecular complexity index is 852. The second-order valence-corrected chi connectivity index (χ2v) is 8.83. The van der Waals surface area contributed by atoms with Crippen LogP contribution in [-0.4, -0.2) is 38.7 Å². The van der Waals surface area contributed by atoms with Gasteiger partial charge in [-0.3, -0.25) is 4.79 Å². The first kappa shape index (κ1) is 19.4. The Morgan fingerprint density at radius 1 is 1.22 bits per heavy atom. The van der Waals surface area contributed by atoms with E-state index in [4.69, 9.17) is 0 Å². The van der Waals surface area contributed by atoms with E-state index in [-0.39, 0.29) is 17.0 Å². The molecule has 1 saturated heterocycles. The van der Waals surface area contributed by atoms with Crippen LogP contribution in [0.5, 0.6) is 0 Å². The highest BCUT2D eigenvalue weighted by molar-refractivity contribution is 5.76. The van der Waals surface area contributed by atoms with Crippen LogP contribution in [0.1, 0.15) is 51.4 Å².